The number of rotatable bonds is 12. The molecule has 4 rings (SSSR count). The minimum Gasteiger partial charge on any atom is -0.497 e. The van der Waals surface area contributed by atoms with Gasteiger partial charge in [-0.3, -0.25) is 13.9 Å². The summed E-state index contributed by atoms with van der Waals surface area (Å²) >= 11 is 18.9. The lowest BCUT2D eigenvalue weighted by molar-refractivity contribution is -0.140. The molecule has 44 heavy (non-hydrogen) atoms. The van der Waals surface area contributed by atoms with Gasteiger partial charge in [-0.2, -0.15) is 0 Å². The Morgan fingerprint density at radius 2 is 1.64 bits per heavy atom. The topological polar surface area (TPSA) is 96.0 Å². The van der Waals surface area contributed by atoms with Crippen molar-refractivity contribution in [3.05, 3.63) is 87.4 Å². The molecule has 0 spiro atoms. The molecule has 0 aromatic heterocycles. The number of ether oxygens (including phenoxy) is 1. The van der Waals surface area contributed by atoms with Gasteiger partial charge >= 0.3 is 0 Å². The zero-order chi connectivity index (χ0) is 31.9. The number of sulfonamides is 1. The number of nitrogens with zero attached hydrogens (tertiary/aromatic N) is 2. The van der Waals surface area contributed by atoms with Crippen molar-refractivity contribution in [1.29, 1.82) is 0 Å². The van der Waals surface area contributed by atoms with Crippen molar-refractivity contribution in [3.63, 3.8) is 0 Å². The van der Waals surface area contributed by atoms with Gasteiger partial charge in [-0.05, 0) is 79.4 Å². The van der Waals surface area contributed by atoms with E-state index in [0.29, 0.717) is 32.8 Å². The third kappa shape index (κ3) is 8.38. The van der Waals surface area contributed by atoms with Crippen LogP contribution in [0.3, 0.4) is 0 Å². The highest BCUT2D eigenvalue weighted by atomic mass is 35.5. The third-order valence-corrected chi connectivity index (χ3v) is 10.3. The van der Waals surface area contributed by atoms with E-state index in [0.717, 1.165) is 36.4 Å². The van der Waals surface area contributed by atoms with Crippen LogP contribution >= 0.6 is 34.8 Å². The van der Waals surface area contributed by atoms with Crippen LogP contribution in [-0.4, -0.2) is 50.9 Å². The average Bonchev–Trinajstić information content (AvgIpc) is 3.01. The first-order valence-electron chi connectivity index (χ1n) is 14.5. The van der Waals surface area contributed by atoms with Crippen LogP contribution in [0.4, 0.5) is 5.69 Å². The van der Waals surface area contributed by atoms with Crippen LogP contribution in [0, 0.1) is 0 Å². The summed E-state index contributed by atoms with van der Waals surface area (Å²) in [4.78, 5) is 29.3. The molecule has 1 aliphatic carbocycles. The highest BCUT2D eigenvalue weighted by molar-refractivity contribution is 7.92. The predicted molar refractivity (Wildman–Crippen MR) is 175 cm³/mol. The van der Waals surface area contributed by atoms with E-state index in [-0.39, 0.29) is 29.1 Å². The average molecular weight is 681 g/mol. The fourth-order valence-corrected chi connectivity index (χ4v) is 7.39. The van der Waals surface area contributed by atoms with Gasteiger partial charge in [-0.25, -0.2) is 8.42 Å². The number of benzene rings is 3. The molecular weight excluding hydrogens is 645 g/mol. The van der Waals surface area contributed by atoms with Gasteiger partial charge in [0.2, 0.25) is 11.8 Å². The standard InChI is InChI=1S/C32H36Cl3N3O5S/c1-3-30(32(40)36-25-9-5-4-6-10-25)37(20-22-12-13-24(34)19-29(22)35)31(39)21-38(26-11-7-8-23(33)18-26)44(41,42)28-16-14-27(43-2)15-17-28/h7-8,11-19,25,30H,3-6,9-10,20-21H2,1-2H3,(H,36,40)/t30-/m0/s1. The van der Waals surface area contributed by atoms with Crippen molar-refractivity contribution >= 4 is 62.3 Å². The second-order valence-corrected chi connectivity index (χ2v) is 13.8. The molecular formula is C32H36Cl3N3O5S. The van der Waals surface area contributed by atoms with E-state index in [1.807, 2.05) is 6.92 Å². The van der Waals surface area contributed by atoms with E-state index in [9.17, 15) is 18.0 Å². The molecule has 3 aromatic carbocycles. The molecule has 1 atom stereocenters. The number of methoxy groups -OCH3 is 1. The summed E-state index contributed by atoms with van der Waals surface area (Å²) in [6, 6.07) is 16.2. The minimum atomic E-state index is -4.26. The SMILES string of the molecule is CC[C@@H](C(=O)NC1CCCCC1)N(Cc1ccc(Cl)cc1Cl)C(=O)CN(c1cccc(Cl)c1)S(=O)(=O)c1ccc(OC)cc1. The number of anilines is 1. The Morgan fingerprint density at radius 3 is 2.25 bits per heavy atom. The van der Waals surface area contributed by atoms with Gasteiger partial charge in [0.25, 0.3) is 10.0 Å². The fourth-order valence-electron chi connectivity index (χ4n) is 5.33. The maximum absolute atomic E-state index is 14.3. The Bertz CT molecular complexity index is 1560. The summed E-state index contributed by atoms with van der Waals surface area (Å²) in [5.41, 5.74) is 0.770. The zero-order valence-electron chi connectivity index (χ0n) is 24.6. The summed E-state index contributed by atoms with van der Waals surface area (Å²) in [6.07, 6.45) is 5.25. The predicted octanol–water partition coefficient (Wildman–Crippen LogP) is 7.11. The number of hydrogen-bond donors (Lipinski definition) is 1. The Morgan fingerprint density at radius 1 is 0.955 bits per heavy atom. The Hall–Kier alpha value is -2.98. The molecule has 1 fully saturated rings. The van der Waals surface area contributed by atoms with Crippen molar-refractivity contribution in [2.24, 2.45) is 0 Å². The molecule has 0 radical (unpaired) electrons. The Balaban J connectivity index is 1.73. The summed E-state index contributed by atoms with van der Waals surface area (Å²) in [7, 11) is -2.78. The maximum atomic E-state index is 14.3. The van der Waals surface area contributed by atoms with Crippen LogP contribution in [0.15, 0.2) is 71.6 Å². The zero-order valence-corrected chi connectivity index (χ0v) is 27.7. The first kappa shape index (κ1) is 33.9. The molecule has 1 N–H and O–H groups in total. The van der Waals surface area contributed by atoms with E-state index in [2.05, 4.69) is 5.32 Å². The Labute approximate surface area is 274 Å². The fraction of sp³-hybridized carbons (Fsp3) is 0.375. The summed E-state index contributed by atoms with van der Waals surface area (Å²) in [6.45, 7) is 1.20. The Kier molecular flexibility index (Phi) is 11.8. The van der Waals surface area contributed by atoms with Gasteiger partial charge in [0.15, 0.2) is 0 Å². The van der Waals surface area contributed by atoms with Crippen LogP contribution in [0.25, 0.3) is 0 Å². The largest absolute Gasteiger partial charge is 0.497 e. The van der Waals surface area contributed by atoms with Gasteiger partial charge in [0, 0.05) is 27.7 Å². The molecule has 0 unspecified atom stereocenters. The van der Waals surface area contributed by atoms with Crippen molar-refractivity contribution in [3.8, 4) is 5.75 Å². The van der Waals surface area contributed by atoms with Gasteiger partial charge in [-0.1, -0.05) is 73.1 Å². The third-order valence-electron chi connectivity index (χ3n) is 7.72. The molecule has 0 heterocycles. The maximum Gasteiger partial charge on any atom is 0.264 e. The number of carbonyl (C=O) groups is 2. The number of halogens is 3. The van der Waals surface area contributed by atoms with Gasteiger partial charge < -0.3 is 15.0 Å². The van der Waals surface area contributed by atoms with Crippen LogP contribution in [0.1, 0.15) is 51.0 Å². The summed E-state index contributed by atoms with van der Waals surface area (Å²) < 4.78 is 34.3. The number of amides is 2. The van der Waals surface area contributed by atoms with Crippen LogP contribution in [0.2, 0.25) is 15.1 Å². The first-order valence-corrected chi connectivity index (χ1v) is 17.1. The van der Waals surface area contributed by atoms with Gasteiger partial charge in [0.05, 0.1) is 17.7 Å². The molecule has 0 bridgehead atoms. The van der Waals surface area contributed by atoms with Gasteiger partial charge in [0.1, 0.15) is 18.3 Å². The second-order valence-electron chi connectivity index (χ2n) is 10.7. The molecule has 3 aromatic rings. The van der Waals surface area contributed by atoms with E-state index in [4.69, 9.17) is 39.5 Å². The van der Waals surface area contributed by atoms with Crippen molar-refractivity contribution < 1.29 is 22.7 Å². The summed E-state index contributed by atoms with van der Waals surface area (Å²) in [5.74, 6) is -0.390. The minimum absolute atomic E-state index is 0.0276. The smallest absolute Gasteiger partial charge is 0.264 e. The van der Waals surface area contributed by atoms with Crippen molar-refractivity contribution in [1.82, 2.24) is 10.2 Å². The van der Waals surface area contributed by atoms with Crippen LogP contribution in [-0.2, 0) is 26.2 Å². The molecule has 0 aliphatic heterocycles. The summed E-state index contributed by atoms with van der Waals surface area (Å²) in [5, 5.41) is 4.18. The van der Waals surface area contributed by atoms with Crippen molar-refractivity contribution in [2.45, 2.75) is 69.0 Å². The lowest BCUT2D eigenvalue weighted by Gasteiger charge is -2.34. The lowest BCUT2D eigenvalue weighted by atomic mass is 9.95. The highest BCUT2D eigenvalue weighted by Crippen LogP contribution is 2.29. The first-order chi connectivity index (χ1) is 21.0. The lowest BCUT2D eigenvalue weighted by Crippen LogP contribution is -2.54. The van der Waals surface area contributed by atoms with Crippen molar-refractivity contribution in [2.75, 3.05) is 18.0 Å². The molecule has 1 aliphatic rings. The monoisotopic (exact) mass is 679 g/mol. The number of carbonyl (C=O) groups excluding carboxylic acids is 2. The van der Waals surface area contributed by atoms with E-state index in [1.54, 1.807) is 36.4 Å². The molecule has 8 nitrogen and oxygen atoms in total. The highest BCUT2D eigenvalue weighted by Gasteiger charge is 2.35. The molecule has 0 saturated heterocycles. The normalized spacial score (nSPS) is 14.5. The van der Waals surface area contributed by atoms with Gasteiger partial charge in [-0.15, -0.1) is 0 Å². The molecule has 236 valence electrons. The van der Waals surface area contributed by atoms with Crippen LogP contribution < -0.4 is 14.4 Å². The molecule has 2 amide bonds. The quantitative estimate of drug-likeness (QED) is 0.220. The van der Waals surface area contributed by atoms with E-state index in [1.165, 1.54) is 42.3 Å². The second kappa shape index (κ2) is 15.3. The molecule has 12 heteroatoms. The van der Waals surface area contributed by atoms with E-state index >= 15 is 0 Å². The molecule has 1 saturated carbocycles. The number of nitrogens with one attached hydrogen (secondary N) is 1. The number of hydrogen-bond acceptors (Lipinski definition) is 5. The van der Waals surface area contributed by atoms with Crippen LogP contribution in [0.5, 0.6) is 5.75 Å². The van der Waals surface area contributed by atoms with E-state index < -0.39 is 28.5 Å².